The fourth-order valence-electron chi connectivity index (χ4n) is 2.96. The predicted molar refractivity (Wildman–Crippen MR) is 74.9 cm³/mol. The molecule has 1 saturated carbocycles. The summed E-state index contributed by atoms with van der Waals surface area (Å²) >= 11 is 0. The van der Waals surface area contributed by atoms with Crippen molar-refractivity contribution >= 4 is 0 Å². The zero-order valence-corrected chi connectivity index (χ0v) is 11.3. The molecule has 1 heterocycles. The third-order valence-electron chi connectivity index (χ3n) is 4.63. The molecule has 1 aromatic carbocycles. The van der Waals surface area contributed by atoms with Gasteiger partial charge in [-0.1, -0.05) is 36.8 Å². The molecular weight excluding hydrogens is 238 g/mol. The van der Waals surface area contributed by atoms with Crippen LogP contribution < -0.4 is 5.32 Å². The molecule has 0 spiro atoms. The van der Waals surface area contributed by atoms with E-state index in [4.69, 9.17) is 4.74 Å². The largest absolute Gasteiger partial charge is 0.396 e. The number of benzene rings is 1. The maximum atomic E-state index is 9.51. The van der Waals surface area contributed by atoms with Crippen LogP contribution >= 0.6 is 0 Å². The molecule has 3 nitrogen and oxygen atoms in total. The van der Waals surface area contributed by atoms with Crippen LogP contribution in [0.1, 0.15) is 30.9 Å². The maximum Gasteiger partial charge on any atom is 0.0579 e. The quantitative estimate of drug-likeness (QED) is 0.824. The van der Waals surface area contributed by atoms with E-state index in [1.54, 1.807) is 0 Å². The second-order valence-electron chi connectivity index (χ2n) is 6.11. The summed E-state index contributed by atoms with van der Waals surface area (Å²) in [5.41, 5.74) is 1.33. The van der Waals surface area contributed by atoms with Crippen molar-refractivity contribution in [2.24, 2.45) is 11.3 Å². The Labute approximate surface area is 115 Å². The van der Waals surface area contributed by atoms with E-state index in [9.17, 15) is 5.11 Å². The summed E-state index contributed by atoms with van der Waals surface area (Å²) in [5, 5.41) is 13.2. The van der Waals surface area contributed by atoms with Crippen molar-refractivity contribution in [1.82, 2.24) is 5.32 Å². The van der Waals surface area contributed by atoms with Crippen molar-refractivity contribution in [3.05, 3.63) is 35.9 Å². The molecule has 1 aromatic rings. The van der Waals surface area contributed by atoms with Crippen LogP contribution in [0.25, 0.3) is 0 Å². The SMILES string of the molecule is OCC1(CNC(c2ccccc2)C2CCC2)COC1. The Balaban J connectivity index is 1.66. The molecule has 0 bridgehead atoms. The molecule has 1 aliphatic carbocycles. The Kier molecular flexibility index (Phi) is 3.87. The van der Waals surface area contributed by atoms with Crippen LogP contribution in [0.15, 0.2) is 30.3 Å². The first-order valence-electron chi connectivity index (χ1n) is 7.30. The average molecular weight is 261 g/mol. The predicted octanol–water partition coefficient (Wildman–Crippen LogP) is 2.13. The summed E-state index contributed by atoms with van der Waals surface area (Å²) in [6, 6.07) is 11.1. The zero-order chi connectivity index (χ0) is 13.1. The van der Waals surface area contributed by atoms with E-state index in [-0.39, 0.29) is 12.0 Å². The molecule has 0 aromatic heterocycles. The van der Waals surface area contributed by atoms with Gasteiger partial charge in [-0.05, 0) is 24.3 Å². The second kappa shape index (κ2) is 5.61. The van der Waals surface area contributed by atoms with Crippen molar-refractivity contribution in [1.29, 1.82) is 0 Å². The summed E-state index contributed by atoms with van der Waals surface area (Å²) in [7, 11) is 0. The Morgan fingerprint density at radius 1 is 1.26 bits per heavy atom. The van der Waals surface area contributed by atoms with E-state index in [0.717, 1.165) is 12.5 Å². The number of hydrogen-bond acceptors (Lipinski definition) is 3. The van der Waals surface area contributed by atoms with Crippen LogP contribution in [0.2, 0.25) is 0 Å². The van der Waals surface area contributed by atoms with Gasteiger partial charge in [-0.3, -0.25) is 0 Å². The van der Waals surface area contributed by atoms with Crippen molar-refractivity contribution < 1.29 is 9.84 Å². The fraction of sp³-hybridized carbons (Fsp3) is 0.625. The lowest BCUT2D eigenvalue weighted by molar-refractivity contribution is -0.136. The van der Waals surface area contributed by atoms with Crippen molar-refractivity contribution in [3.63, 3.8) is 0 Å². The number of aliphatic hydroxyl groups excluding tert-OH is 1. The Bertz CT molecular complexity index is 393. The lowest BCUT2D eigenvalue weighted by Gasteiger charge is -2.43. The number of ether oxygens (including phenoxy) is 1. The van der Waals surface area contributed by atoms with Gasteiger partial charge >= 0.3 is 0 Å². The number of aliphatic hydroxyl groups is 1. The minimum Gasteiger partial charge on any atom is -0.396 e. The molecule has 104 valence electrons. The Morgan fingerprint density at radius 2 is 2.00 bits per heavy atom. The van der Waals surface area contributed by atoms with E-state index in [1.807, 2.05) is 0 Å². The van der Waals surface area contributed by atoms with E-state index in [0.29, 0.717) is 19.3 Å². The molecule has 1 aliphatic heterocycles. The first-order valence-corrected chi connectivity index (χ1v) is 7.30. The molecule has 2 fully saturated rings. The standard InChI is InChI=1S/C16H23NO2/c18-10-16(11-19-12-16)9-17-15(14-7-4-8-14)13-5-2-1-3-6-13/h1-3,5-6,14-15,17-18H,4,7-12H2. The molecule has 1 unspecified atom stereocenters. The lowest BCUT2D eigenvalue weighted by atomic mass is 9.76. The van der Waals surface area contributed by atoms with Gasteiger partial charge in [0.1, 0.15) is 0 Å². The molecule has 3 heteroatoms. The Hall–Kier alpha value is -0.900. The van der Waals surface area contributed by atoms with E-state index < -0.39 is 0 Å². The van der Waals surface area contributed by atoms with Gasteiger partial charge in [0.2, 0.25) is 0 Å². The summed E-state index contributed by atoms with van der Waals surface area (Å²) in [6.07, 6.45) is 3.98. The molecule has 0 radical (unpaired) electrons. The van der Waals surface area contributed by atoms with Gasteiger partial charge in [-0.2, -0.15) is 0 Å². The molecule has 1 saturated heterocycles. The monoisotopic (exact) mass is 261 g/mol. The van der Waals surface area contributed by atoms with Crippen LogP contribution in [-0.2, 0) is 4.74 Å². The minimum atomic E-state index is -0.0449. The highest BCUT2D eigenvalue weighted by molar-refractivity contribution is 5.20. The average Bonchev–Trinajstić information content (AvgIpc) is 2.35. The fourth-order valence-corrected chi connectivity index (χ4v) is 2.96. The second-order valence-corrected chi connectivity index (χ2v) is 6.11. The van der Waals surface area contributed by atoms with Crippen LogP contribution in [0.3, 0.4) is 0 Å². The van der Waals surface area contributed by atoms with Gasteiger partial charge in [-0.15, -0.1) is 0 Å². The lowest BCUT2D eigenvalue weighted by Crippen LogP contribution is -2.53. The molecule has 2 N–H and O–H groups in total. The van der Waals surface area contributed by atoms with Gasteiger partial charge < -0.3 is 15.2 Å². The molecule has 1 atom stereocenters. The first kappa shape index (κ1) is 13.1. The summed E-state index contributed by atoms with van der Waals surface area (Å²) in [4.78, 5) is 0. The molecule has 3 rings (SSSR count). The third kappa shape index (κ3) is 2.69. The highest BCUT2D eigenvalue weighted by Crippen LogP contribution is 2.38. The Morgan fingerprint density at radius 3 is 2.47 bits per heavy atom. The van der Waals surface area contributed by atoms with Crippen molar-refractivity contribution in [2.75, 3.05) is 26.4 Å². The van der Waals surface area contributed by atoms with Crippen LogP contribution in [-0.4, -0.2) is 31.5 Å². The van der Waals surface area contributed by atoms with Crippen molar-refractivity contribution in [2.45, 2.75) is 25.3 Å². The minimum absolute atomic E-state index is 0.0449. The van der Waals surface area contributed by atoms with Gasteiger partial charge in [0.25, 0.3) is 0 Å². The number of hydrogen-bond donors (Lipinski definition) is 2. The summed E-state index contributed by atoms with van der Waals surface area (Å²) in [5.74, 6) is 0.749. The van der Waals surface area contributed by atoms with Gasteiger partial charge in [-0.25, -0.2) is 0 Å². The maximum absolute atomic E-state index is 9.51. The molecule has 19 heavy (non-hydrogen) atoms. The molecular formula is C16H23NO2. The van der Waals surface area contributed by atoms with E-state index >= 15 is 0 Å². The zero-order valence-electron chi connectivity index (χ0n) is 11.3. The van der Waals surface area contributed by atoms with E-state index in [1.165, 1.54) is 24.8 Å². The summed E-state index contributed by atoms with van der Waals surface area (Å²) in [6.45, 7) is 2.43. The molecule has 0 amide bonds. The summed E-state index contributed by atoms with van der Waals surface area (Å²) < 4.78 is 5.27. The molecule has 2 aliphatic rings. The van der Waals surface area contributed by atoms with Gasteiger partial charge in [0.15, 0.2) is 0 Å². The van der Waals surface area contributed by atoms with Gasteiger partial charge in [0, 0.05) is 12.6 Å². The highest BCUT2D eigenvalue weighted by Gasteiger charge is 2.39. The van der Waals surface area contributed by atoms with E-state index in [2.05, 4.69) is 35.6 Å². The highest BCUT2D eigenvalue weighted by atomic mass is 16.5. The van der Waals surface area contributed by atoms with Crippen molar-refractivity contribution in [3.8, 4) is 0 Å². The van der Waals surface area contributed by atoms with Crippen LogP contribution in [0.5, 0.6) is 0 Å². The first-order chi connectivity index (χ1) is 9.33. The van der Waals surface area contributed by atoms with Gasteiger partial charge in [0.05, 0.1) is 25.2 Å². The van der Waals surface area contributed by atoms with Crippen LogP contribution in [0, 0.1) is 11.3 Å². The van der Waals surface area contributed by atoms with Crippen LogP contribution in [0.4, 0.5) is 0 Å². The normalized spacial score (nSPS) is 23.4. The number of rotatable bonds is 6. The number of nitrogens with one attached hydrogen (secondary N) is 1. The topological polar surface area (TPSA) is 41.5 Å². The smallest absolute Gasteiger partial charge is 0.0579 e. The third-order valence-corrected chi connectivity index (χ3v) is 4.63.